The zero-order valence-electron chi connectivity index (χ0n) is 19.0. The largest absolute Gasteiger partial charge is 0.467 e. The van der Waals surface area contributed by atoms with Gasteiger partial charge in [-0.15, -0.1) is 0 Å². The van der Waals surface area contributed by atoms with Crippen LogP contribution in [0.2, 0.25) is 0 Å². The molecule has 4 heterocycles. The molecule has 0 fully saturated rings. The van der Waals surface area contributed by atoms with Crippen LogP contribution in [-0.4, -0.2) is 35.8 Å². The molecule has 1 aliphatic rings. The van der Waals surface area contributed by atoms with E-state index in [1.165, 1.54) is 6.26 Å². The van der Waals surface area contributed by atoms with Crippen molar-refractivity contribution in [3.63, 3.8) is 0 Å². The number of carbonyl (C=O) groups is 3. The number of ether oxygens (including phenoxy) is 2. The Bertz CT molecular complexity index is 1220. The first-order valence-electron chi connectivity index (χ1n) is 10.8. The second-order valence-corrected chi connectivity index (χ2v) is 7.69. The van der Waals surface area contributed by atoms with Gasteiger partial charge in [-0.2, -0.15) is 0 Å². The molecular weight excluding hydrogens is 442 g/mol. The lowest BCUT2D eigenvalue weighted by atomic mass is 10.0. The Morgan fingerprint density at radius 3 is 2.53 bits per heavy atom. The van der Waals surface area contributed by atoms with Crippen LogP contribution in [0.5, 0.6) is 0 Å². The summed E-state index contributed by atoms with van der Waals surface area (Å²) in [7, 11) is 0. The second kappa shape index (κ2) is 9.74. The minimum Gasteiger partial charge on any atom is -0.467 e. The maximum Gasteiger partial charge on any atom is 0.340 e. The van der Waals surface area contributed by atoms with Crippen molar-refractivity contribution < 1.29 is 32.7 Å². The van der Waals surface area contributed by atoms with Crippen molar-refractivity contribution >= 4 is 18.0 Å². The minimum atomic E-state index is -0.880. The molecule has 3 aromatic heterocycles. The number of urea groups is 1. The standard InChI is InChI=1S/C24H25N3O7/c1-4-31-23(29)20-18(25-24(30)26-21(20)19-8-6-10-33-19)13-34-22(28)17-11-14(2)27(15(17)3)12-16-7-5-9-32-16/h5-11,21H,4,12-13H2,1-3H3,(H2,25,26,30). The first-order chi connectivity index (χ1) is 16.4. The molecule has 178 valence electrons. The van der Waals surface area contributed by atoms with Crippen LogP contribution >= 0.6 is 0 Å². The number of hydrogen-bond donors (Lipinski definition) is 2. The maximum absolute atomic E-state index is 12.9. The van der Waals surface area contributed by atoms with Crippen molar-refractivity contribution in [3.8, 4) is 0 Å². The molecule has 10 nitrogen and oxygen atoms in total. The van der Waals surface area contributed by atoms with Gasteiger partial charge in [0.05, 0.1) is 42.5 Å². The number of nitrogens with one attached hydrogen (secondary N) is 2. The Labute approximate surface area is 195 Å². The smallest absolute Gasteiger partial charge is 0.340 e. The van der Waals surface area contributed by atoms with E-state index in [1.807, 2.05) is 24.5 Å². The van der Waals surface area contributed by atoms with Crippen molar-refractivity contribution in [1.82, 2.24) is 15.2 Å². The van der Waals surface area contributed by atoms with Crippen LogP contribution in [0.25, 0.3) is 0 Å². The first kappa shape index (κ1) is 23.0. The van der Waals surface area contributed by atoms with Crippen LogP contribution in [0.4, 0.5) is 4.79 Å². The highest BCUT2D eigenvalue weighted by molar-refractivity contribution is 5.95. The Kier molecular flexibility index (Phi) is 6.58. The number of aromatic nitrogens is 1. The Morgan fingerprint density at radius 2 is 1.85 bits per heavy atom. The van der Waals surface area contributed by atoms with Crippen molar-refractivity contribution in [2.45, 2.75) is 33.4 Å². The van der Waals surface area contributed by atoms with E-state index < -0.39 is 24.0 Å². The van der Waals surface area contributed by atoms with Gasteiger partial charge in [-0.1, -0.05) is 0 Å². The average molecular weight is 467 g/mol. The fourth-order valence-electron chi connectivity index (χ4n) is 3.88. The van der Waals surface area contributed by atoms with Gasteiger partial charge in [-0.3, -0.25) is 0 Å². The summed E-state index contributed by atoms with van der Waals surface area (Å²) in [6.07, 6.45) is 3.03. The second-order valence-electron chi connectivity index (χ2n) is 7.69. The van der Waals surface area contributed by atoms with E-state index in [0.29, 0.717) is 23.6 Å². The molecule has 0 saturated carbocycles. The van der Waals surface area contributed by atoms with Gasteiger partial charge < -0.3 is 33.5 Å². The number of nitrogens with zero attached hydrogens (tertiary/aromatic N) is 1. The van der Waals surface area contributed by atoms with Crippen molar-refractivity contribution in [1.29, 1.82) is 0 Å². The van der Waals surface area contributed by atoms with Gasteiger partial charge in [0.15, 0.2) is 0 Å². The van der Waals surface area contributed by atoms with E-state index in [4.69, 9.17) is 18.3 Å². The minimum absolute atomic E-state index is 0.104. The summed E-state index contributed by atoms with van der Waals surface area (Å²) < 4.78 is 23.4. The van der Waals surface area contributed by atoms with Gasteiger partial charge in [0.1, 0.15) is 24.2 Å². The van der Waals surface area contributed by atoms with E-state index in [9.17, 15) is 14.4 Å². The van der Waals surface area contributed by atoms with Crippen LogP contribution in [-0.2, 0) is 20.8 Å². The van der Waals surface area contributed by atoms with E-state index >= 15 is 0 Å². The SMILES string of the molecule is CCOC(=O)C1=C(COC(=O)c2cc(C)n(Cc3ccco3)c2C)NC(=O)NC1c1ccco1. The molecule has 0 radical (unpaired) electrons. The molecule has 4 rings (SSSR count). The fourth-order valence-corrected chi connectivity index (χ4v) is 3.88. The van der Waals surface area contributed by atoms with E-state index in [0.717, 1.165) is 11.5 Å². The van der Waals surface area contributed by atoms with Crippen molar-refractivity contribution in [2.75, 3.05) is 13.2 Å². The number of carbonyl (C=O) groups excluding carboxylic acids is 3. The monoisotopic (exact) mass is 467 g/mol. The lowest BCUT2D eigenvalue weighted by Crippen LogP contribution is -2.47. The fraction of sp³-hybridized carbons (Fsp3) is 0.292. The van der Waals surface area contributed by atoms with Gasteiger partial charge in [0.2, 0.25) is 0 Å². The summed E-state index contributed by atoms with van der Waals surface area (Å²) in [6.45, 7) is 5.65. The Hall–Kier alpha value is -4.21. The van der Waals surface area contributed by atoms with Gasteiger partial charge in [-0.25, -0.2) is 14.4 Å². The van der Waals surface area contributed by atoms with E-state index in [-0.39, 0.29) is 24.5 Å². The summed E-state index contributed by atoms with van der Waals surface area (Å²) in [4.78, 5) is 37.9. The highest BCUT2D eigenvalue weighted by atomic mass is 16.5. The maximum atomic E-state index is 12.9. The lowest BCUT2D eigenvalue weighted by Gasteiger charge is -2.27. The predicted octanol–water partition coefficient (Wildman–Crippen LogP) is 3.37. The molecule has 0 aromatic carbocycles. The quantitative estimate of drug-likeness (QED) is 0.487. The van der Waals surface area contributed by atoms with Crippen molar-refractivity contribution in [3.05, 3.63) is 82.6 Å². The Balaban J connectivity index is 1.58. The molecule has 1 unspecified atom stereocenters. The molecule has 34 heavy (non-hydrogen) atoms. The molecule has 2 N–H and O–H groups in total. The van der Waals surface area contributed by atoms with E-state index in [1.54, 1.807) is 37.5 Å². The summed E-state index contributed by atoms with van der Waals surface area (Å²) in [5.41, 5.74) is 2.18. The number of hydrogen-bond acceptors (Lipinski definition) is 7. The summed E-state index contributed by atoms with van der Waals surface area (Å²) in [6, 6.07) is 7.23. The summed E-state index contributed by atoms with van der Waals surface area (Å²) in [5, 5.41) is 5.20. The Morgan fingerprint density at radius 1 is 1.09 bits per heavy atom. The third-order valence-corrected chi connectivity index (χ3v) is 5.51. The van der Waals surface area contributed by atoms with Gasteiger partial charge in [-0.05, 0) is 51.1 Å². The van der Waals surface area contributed by atoms with Gasteiger partial charge in [0.25, 0.3) is 0 Å². The van der Waals surface area contributed by atoms with Crippen LogP contribution in [0.15, 0.2) is 63.0 Å². The van der Waals surface area contributed by atoms with Crippen LogP contribution in [0, 0.1) is 13.8 Å². The molecule has 0 bridgehead atoms. The van der Waals surface area contributed by atoms with Gasteiger partial charge >= 0.3 is 18.0 Å². The summed E-state index contributed by atoms with van der Waals surface area (Å²) >= 11 is 0. The van der Waals surface area contributed by atoms with Crippen LogP contribution < -0.4 is 10.6 Å². The molecule has 1 atom stereocenters. The molecule has 0 spiro atoms. The third-order valence-electron chi connectivity index (χ3n) is 5.51. The number of esters is 2. The number of furan rings is 2. The molecule has 3 aromatic rings. The molecule has 0 saturated heterocycles. The number of amides is 2. The summed E-state index contributed by atoms with van der Waals surface area (Å²) in [5.74, 6) is -0.133. The van der Waals surface area contributed by atoms with Crippen LogP contribution in [0.3, 0.4) is 0 Å². The molecule has 2 amide bonds. The topological polar surface area (TPSA) is 125 Å². The predicted molar refractivity (Wildman–Crippen MR) is 119 cm³/mol. The zero-order chi connectivity index (χ0) is 24.2. The lowest BCUT2D eigenvalue weighted by molar-refractivity contribution is -0.139. The van der Waals surface area contributed by atoms with E-state index in [2.05, 4.69) is 10.6 Å². The highest BCUT2D eigenvalue weighted by Gasteiger charge is 2.36. The highest BCUT2D eigenvalue weighted by Crippen LogP contribution is 2.28. The third kappa shape index (κ3) is 4.61. The van der Waals surface area contributed by atoms with Crippen molar-refractivity contribution in [2.24, 2.45) is 0 Å². The normalized spacial score (nSPS) is 15.6. The van der Waals surface area contributed by atoms with Crippen LogP contribution in [0.1, 0.15) is 46.2 Å². The molecule has 1 aliphatic heterocycles. The number of rotatable bonds is 8. The first-order valence-corrected chi connectivity index (χ1v) is 10.8. The zero-order valence-corrected chi connectivity index (χ0v) is 19.0. The van der Waals surface area contributed by atoms with Gasteiger partial charge in [0, 0.05) is 11.4 Å². The number of aryl methyl sites for hydroxylation is 1. The molecular formula is C24H25N3O7. The molecule has 10 heteroatoms. The average Bonchev–Trinajstić information content (AvgIpc) is 3.57. The molecule has 0 aliphatic carbocycles.